The van der Waals surface area contributed by atoms with E-state index < -0.39 is 6.04 Å². The highest BCUT2D eigenvalue weighted by atomic mass is 35.5. The molecule has 0 aliphatic carbocycles. The predicted molar refractivity (Wildman–Crippen MR) is 99.6 cm³/mol. The molecular weight excluding hydrogens is 366 g/mol. The van der Waals surface area contributed by atoms with Crippen molar-refractivity contribution in [2.24, 2.45) is 12.0 Å². The number of halogens is 1. The number of aryl methyl sites for hydroxylation is 1. The summed E-state index contributed by atoms with van der Waals surface area (Å²) in [4.78, 5) is 29.6. The number of thiazole rings is 1. The first-order chi connectivity index (χ1) is 11.5. The van der Waals surface area contributed by atoms with E-state index in [1.165, 1.54) is 11.3 Å². The summed E-state index contributed by atoms with van der Waals surface area (Å²) in [6.45, 7) is 0. The number of nitrogens with one attached hydrogen (secondary N) is 1. The molecule has 128 valence electrons. The summed E-state index contributed by atoms with van der Waals surface area (Å²) < 4.78 is 1.77. The van der Waals surface area contributed by atoms with Gasteiger partial charge in [-0.15, -0.1) is 11.3 Å². The third kappa shape index (κ3) is 4.96. The molecule has 2 rings (SSSR count). The Bertz CT molecular complexity index is 785. The van der Waals surface area contributed by atoms with E-state index in [9.17, 15) is 9.59 Å². The monoisotopic (exact) mass is 383 g/mol. The summed E-state index contributed by atoms with van der Waals surface area (Å²) in [6.07, 6.45) is 4.29. The quantitative estimate of drug-likeness (QED) is 0.834. The lowest BCUT2D eigenvalue weighted by atomic mass is 10.1. The number of carbonyl (C=O) groups is 2. The standard InChI is InChI=1S/C16H18ClN3O2S2/c1-20-8-10-24-16(20)19-15(22)13(7-9-23-2)18-14(21)11-5-3-4-6-12(11)17/h3-6,8,10,13H,7,9H2,1-2H3,(H,18,21). The number of hydrogen-bond donors (Lipinski definition) is 1. The van der Waals surface area contributed by atoms with Gasteiger partial charge < -0.3 is 9.88 Å². The van der Waals surface area contributed by atoms with E-state index in [4.69, 9.17) is 11.6 Å². The number of thioether (sulfide) groups is 1. The third-order valence-electron chi connectivity index (χ3n) is 3.30. The van der Waals surface area contributed by atoms with Crippen LogP contribution in [-0.4, -0.2) is 34.4 Å². The van der Waals surface area contributed by atoms with Crippen molar-refractivity contribution in [2.45, 2.75) is 12.5 Å². The second kappa shape index (κ2) is 9.05. The van der Waals surface area contributed by atoms with Gasteiger partial charge in [0.05, 0.1) is 10.6 Å². The van der Waals surface area contributed by atoms with Gasteiger partial charge in [0.25, 0.3) is 11.8 Å². The van der Waals surface area contributed by atoms with Crippen LogP contribution in [0, 0.1) is 0 Å². The molecule has 2 aromatic rings. The van der Waals surface area contributed by atoms with Crippen LogP contribution in [0.2, 0.25) is 5.02 Å². The van der Waals surface area contributed by atoms with Gasteiger partial charge in [0.1, 0.15) is 6.04 Å². The van der Waals surface area contributed by atoms with Crippen molar-refractivity contribution >= 4 is 46.5 Å². The third-order valence-corrected chi connectivity index (χ3v) is 5.12. The van der Waals surface area contributed by atoms with Crippen molar-refractivity contribution in [3.8, 4) is 0 Å². The molecule has 0 radical (unpaired) electrons. The molecule has 1 aromatic heterocycles. The summed E-state index contributed by atoms with van der Waals surface area (Å²) in [5.41, 5.74) is 0.350. The molecule has 1 atom stereocenters. The zero-order chi connectivity index (χ0) is 17.5. The summed E-state index contributed by atoms with van der Waals surface area (Å²) >= 11 is 9.03. The second-order valence-electron chi connectivity index (χ2n) is 5.03. The number of benzene rings is 1. The van der Waals surface area contributed by atoms with Gasteiger partial charge >= 0.3 is 0 Å². The van der Waals surface area contributed by atoms with E-state index in [-0.39, 0.29) is 11.8 Å². The average Bonchev–Trinajstić information content (AvgIpc) is 2.96. The SMILES string of the molecule is CSCCC(NC(=O)c1ccccc1Cl)C(=O)N=c1sccn1C. The zero-order valence-electron chi connectivity index (χ0n) is 13.4. The Morgan fingerprint density at radius 2 is 2.17 bits per heavy atom. The van der Waals surface area contributed by atoms with Crippen molar-refractivity contribution in [3.05, 3.63) is 51.2 Å². The first-order valence-electron chi connectivity index (χ1n) is 7.26. The smallest absolute Gasteiger partial charge is 0.270 e. The van der Waals surface area contributed by atoms with Crippen molar-refractivity contribution < 1.29 is 9.59 Å². The van der Waals surface area contributed by atoms with Gasteiger partial charge in [-0.2, -0.15) is 16.8 Å². The van der Waals surface area contributed by atoms with Crippen LogP contribution in [0.1, 0.15) is 16.8 Å². The molecule has 5 nitrogen and oxygen atoms in total. The lowest BCUT2D eigenvalue weighted by molar-refractivity contribution is -0.119. The molecule has 8 heteroatoms. The highest BCUT2D eigenvalue weighted by Gasteiger charge is 2.22. The highest BCUT2D eigenvalue weighted by Crippen LogP contribution is 2.15. The fourth-order valence-electron chi connectivity index (χ4n) is 1.98. The molecule has 0 spiro atoms. The first kappa shape index (κ1) is 18.8. The maximum absolute atomic E-state index is 12.5. The van der Waals surface area contributed by atoms with E-state index >= 15 is 0 Å². The van der Waals surface area contributed by atoms with E-state index in [0.717, 1.165) is 5.75 Å². The van der Waals surface area contributed by atoms with Crippen LogP contribution in [0.25, 0.3) is 0 Å². The zero-order valence-corrected chi connectivity index (χ0v) is 15.7. The minimum Gasteiger partial charge on any atom is -0.340 e. The summed E-state index contributed by atoms with van der Waals surface area (Å²) in [6, 6.07) is 6.08. The van der Waals surface area contributed by atoms with Crippen LogP contribution in [0.4, 0.5) is 0 Å². The van der Waals surface area contributed by atoms with Gasteiger partial charge in [-0.3, -0.25) is 9.59 Å². The first-order valence-corrected chi connectivity index (χ1v) is 9.91. The van der Waals surface area contributed by atoms with E-state index in [2.05, 4.69) is 10.3 Å². The molecule has 0 aliphatic heterocycles. The molecule has 0 saturated carbocycles. The highest BCUT2D eigenvalue weighted by molar-refractivity contribution is 7.98. The Labute approximate surface area is 153 Å². The Balaban J connectivity index is 2.19. The van der Waals surface area contributed by atoms with Gasteiger partial charge in [-0.25, -0.2) is 0 Å². The van der Waals surface area contributed by atoms with Crippen molar-refractivity contribution in [1.29, 1.82) is 0 Å². The number of amides is 2. The molecule has 1 unspecified atom stereocenters. The Kier molecular flexibility index (Phi) is 7.08. The molecule has 1 heterocycles. The van der Waals surface area contributed by atoms with Crippen molar-refractivity contribution in [1.82, 2.24) is 9.88 Å². The number of aromatic nitrogens is 1. The van der Waals surface area contributed by atoms with Crippen LogP contribution in [0.15, 0.2) is 40.8 Å². The Morgan fingerprint density at radius 1 is 1.42 bits per heavy atom. The van der Waals surface area contributed by atoms with Gasteiger partial charge in [-0.1, -0.05) is 23.7 Å². The van der Waals surface area contributed by atoms with Gasteiger partial charge in [0.2, 0.25) is 0 Å². The lowest BCUT2D eigenvalue weighted by Gasteiger charge is -2.15. The molecule has 0 bridgehead atoms. The topological polar surface area (TPSA) is 63.5 Å². The minimum absolute atomic E-state index is 0.350. The van der Waals surface area contributed by atoms with Gasteiger partial charge in [-0.05, 0) is 30.6 Å². The van der Waals surface area contributed by atoms with Gasteiger partial charge in [0, 0.05) is 18.6 Å². The normalized spacial score (nSPS) is 12.9. The van der Waals surface area contributed by atoms with Gasteiger partial charge in [0.15, 0.2) is 4.80 Å². The summed E-state index contributed by atoms with van der Waals surface area (Å²) in [5.74, 6) is 0.0129. The maximum atomic E-state index is 12.5. The number of hydrogen-bond acceptors (Lipinski definition) is 4. The average molecular weight is 384 g/mol. The summed E-state index contributed by atoms with van der Waals surface area (Å²) in [5, 5.41) is 4.96. The van der Waals surface area contributed by atoms with Crippen LogP contribution in [0.5, 0.6) is 0 Å². The molecular formula is C16H18ClN3O2S2. The number of nitrogens with zero attached hydrogens (tertiary/aromatic N) is 2. The predicted octanol–water partition coefficient (Wildman–Crippen LogP) is 2.72. The lowest BCUT2D eigenvalue weighted by Crippen LogP contribution is -2.41. The molecule has 1 aromatic carbocycles. The number of carbonyl (C=O) groups excluding carboxylic acids is 2. The number of rotatable bonds is 6. The van der Waals surface area contributed by atoms with Crippen LogP contribution >= 0.6 is 34.7 Å². The minimum atomic E-state index is -0.677. The second-order valence-corrected chi connectivity index (χ2v) is 7.30. The van der Waals surface area contributed by atoms with E-state index in [1.54, 1.807) is 40.6 Å². The fourth-order valence-corrected chi connectivity index (χ4v) is 3.41. The maximum Gasteiger partial charge on any atom is 0.270 e. The van der Waals surface area contributed by atoms with Crippen molar-refractivity contribution in [2.75, 3.05) is 12.0 Å². The largest absolute Gasteiger partial charge is 0.340 e. The van der Waals surface area contributed by atoms with Crippen LogP contribution in [0.3, 0.4) is 0 Å². The molecule has 0 fully saturated rings. The molecule has 1 N–H and O–H groups in total. The van der Waals surface area contributed by atoms with Crippen LogP contribution < -0.4 is 10.1 Å². The molecule has 0 aliphatic rings. The van der Waals surface area contributed by atoms with Crippen LogP contribution in [-0.2, 0) is 11.8 Å². The Hall–Kier alpha value is -1.57. The molecule has 24 heavy (non-hydrogen) atoms. The van der Waals surface area contributed by atoms with Crippen molar-refractivity contribution in [3.63, 3.8) is 0 Å². The van der Waals surface area contributed by atoms with E-state index in [0.29, 0.717) is 21.8 Å². The Morgan fingerprint density at radius 3 is 2.79 bits per heavy atom. The molecule has 2 amide bonds. The molecule has 0 saturated heterocycles. The fraction of sp³-hybridized carbons (Fsp3) is 0.312. The van der Waals surface area contributed by atoms with E-state index in [1.807, 2.05) is 24.9 Å². The summed E-state index contributed by atoms with van der Waals surface area (Å²) in [7, 11) is 1.82.